The predicted molar refractivity (Wildman–Crippen MR) is 76.4 cm³/mol. The minimum absolute atomic E-state index is 0.0493. The summed E-state index contributed by atoms with van der Waals surface area (Å²) in [6.07, 6.45) is 0. The van der Waals surface area contributed by atoms with E-state index >= 15 is 0 Å². The fourth-order valence-corrected chi connectivity index (χ4v) is 1.87. The van der Waals surface area contributed by atoms with Crippen LogP contribution in [0.2, 0.25) is 0 Å². The predicted octanol–water partition coefficient (Wildman–Crippen LogP) is 0.868. The quantitative estimate of drug-likeness (QED) is 0.503. The molecule has 0 aromatic heterocycles. The van der Waals surface area contributed by atoms with Crippen LogP contribution in [0.1, 0.15) is 12.5 Å². The Morgan fingerprint density at radius 2 is 2.00 bits per heavy atom. The first-order valence-corrected chi connectivity index (χ1v) is 6.55. The third-order valence-electron chi connectivity index (χ3n) is 3.08. The molecule has 0 unspecified atom stereocenters. The number of oxime groups is 1. The number of amides is 1. The molecule has 6 nitrogen and oxygen atoms in total. The molecule has 1 amide bonds. The lowest BCUT2D eigenvalue weighted by Crippen LogP contribution is -2.42. The zero-order valence-electron chi connectivity index (χ0n) is 11.5. The van der Waals surface area contributed by atoms with Crippen molar-refractivity contribution in [2.45, 2.75) is 6.92 Å². The van der Waals surface area contributed by atoms with Crippen LogP contribution in [0.5, 0.6) is 0 Å². The van der Waals surface area contributed by atoms with Crippen molar-refractivity contribution in [2.24, 2.45) is 5.16 Å². The van der Waals surface area contributed by atoms with E-state index in [1.807, 2.05) is 19.1 Å². The number of benzene rings is 1. The fourth-order valence-electron chi connectivity index (χ4n) is 1.87. The summed E-state index contributed by atoms with van der Waals surface area (Å²) in [5, 5.41) is 3.96. The molecule has 0 saturated carbocycles. The Morgan fingerprint density at radius 3 is 2.65 bits per heavy atom. The van der Waals surface area contributed by atoms with Crippen molar-refractivity contribution in [2.75, 3.05) is 38.6 Å². The molecule has 1 saturated heterocycles. The van der Waals surface area contributed by atoms with E-state index < -0.39 is 0 Å². The standard InChI is InChI=1S/C14H19N3O3/c1-11(12-2-4-13(15)5-3-12)16-20-10-14(18)17-6-8-19-9-7-17/h2-5H,6-10,15H2,1H3. The van der Waals surface area contributed by atoms with E-state index in [0.717, 1.165) is 5.56 Å². The van der Waals surface area contributed by atoms with Crippen LogP contribution in [-0.2, 0) is 14.4 Å². The minimum Gasteiger partial charge on any atom is -0.399 e. The molecule has 0 aliphatic carbocycles. The van der Waals surface area contributed by atoms with Crippen molar-refractivity contribution in [3.05, 3.63) is 29.8 Å². The molecule has 0 atom stereocenters. The van der Waals surface area contributed by atoms with Gasteiger partial charge in [-0.1, -0.05) is 17.3 Å². The molecule has 2 N–H and O–H groups in total. The molecule has 0 spiro atoms. The maximum absolute atomic E-state index is 11.8. The molecule has 1 aliphatic rings. The maximum Gasteiger partial charge on any atom is 0.263 e. The lowest BCUT2D eigenvalue weighted by atomic mass is 10.1. The van der Waals surface area contributed by atoms with E-state index in [1.165, 1.54) is 0 Å². The van der Waals surface area contributed by atoms with Gasteiger partial charge in [0.15, 0.2) is 6.61 Å². The van der Waals surface area contributed by atoms with Gasteiger partial charge in [-0.05, 0) is 24.6 Å². The van der Waals surface area contributed by atoms with Crippen LogP contribution in [0.3, 0.4) is 0 Å². The number of carbonyl (C=O) groups excluding carboxylic acids is 1. The van der Waals surface area contributed by atoms with E-state index in [9.17, 15) is 4.79 Å². The summed E-state index contributed by atoms with van der Waals surface area (Å²) >= 11 is 0. The van der Waals surface area contributed by atoms with Gasteiger partial charge in [-0.25, -0.2) is 0 Å². The molecule has 0 bridgehead atoms. The number of morpholine rings is 1. The Kier molecular flexibility index (Phi) is 4.95. The van der Waals surface area contributed by atoms with E-state index in [2.05, 4.69) is 5.16 Å². The van der Waals surface area contributed by atoms with E-state index in [0.29, 0.717) is 37.7 Å². The molecule has 1 fully saturated rings. The number of hydrogen-bond acceptors (Lipinski definition) is 5. The highest BCUT2D eigenvalue weighted by Gasteiger charge is 2.16. The summed E-state index contributed by atoms with van der Waals surface area (Å²) in [6, 6.07) is 7.32. The largest absolute Gasteiger partial charge is 0.399 e. The molecule has 6 heteroatoms. The highest BCUT2D eigenvalue weighted by Crippen LogP contribution is 2.07. The number of carbonyl (C=O) groups is 1. The van der Waals surface area contributed by atoms with Gasteiger partial charge in [-0.3, -0.25) is 4.79 Å². The van der Waals surface area contributed by atoms with Gasteiger partial charge in [0.25, 0.3) is 5.91 Å². The van der Waals surface area contributed by atoms with E-state index in [4.69, 9.17) is 15.3 Å². The second-order valence-corrected chi connectivity index (χ2v) is 4.57. The number of hydrogen-bond donors (Lipinski definition) is 1. The van der Waals surface area contributed by atoms with Crippen molar-refractivity contribution in [1.82, 2.24) is 4.90 Å². The van der Waals surface area contributed by atoms with Crippen LogP contribution in [-0.4, -0.2) is 49.4 Å². The molecule has 1 heterocycles. The lowest BCUT2D eigenvalue weighted by Gasteiger charge is -2.26. The highest BCUT2D eigenvalue weighted by atomic mass is 16.6. The number of nitrogen functional groups attached to an aromatic ring is 1. The van der Waals surface area contributed by atoms with Gasteiger partial charge in [0.05, 0.1) is 18.9 Å². The second-order valence-electron chi connectivity index (χ2n) is 4.57. The molecule has 1 aliphatic heterocycles. The molecule has 108 valence electrons. The Labute approximate surface area is 118 Å². The van der Waals surface area contributed by atoms with Crippen LogP contribution in [0, 0.1) is 0 Å². The monoisotopic (exact) mass is 277 g/mol. The van der Waals surface area contributed by atoms with Crippen molar-refractivity contribution in [1.29, 1.82) is 0 Å². The Bertz CT molecular complexity index is 479. The number of ether oxygens (including phenoxy) is 1. The maximum atomic E-state index is 11.8. The number of nitrogens with zero attached hydrogens (tertiary/aromatic N) is 2. The van der Waals surface area contributed by atoms with Gasteiger partial charge in [0.2, 0.25) is 0 Å². The van der Waals surface area contributed by atoms with Gasteiger partial charge in [0.1, 0.15) is 0 Å². The topological polar surface area (TPSA) is 77.1 Å². The van der Waals surface area contributed by atoms with Crippen molar-refractivity contribution < 1.29 is 14.4 Å². The summed E-state index contributed by atoms with van der Waals surface area (Å²) in [4.78, 5) is 18.7. The van der Waals surface area contributed by atoms with E-state index in [-0.39, 0.29) is 12.5 Å². The third-order valence-corrected chi connectivity index (χ3v) is 3.08. The number of anilines is 1. The molecular weight excluding hydrogens is 258 g/mol. The fraction of sp³-hybridized carbons (Fsp3) is 0.429. The van der Waals surface area contributed by atoms with Gasteiger partial charge in [-0.15, -0.1) is 0 Å². The van der Waals surface area contributed by atoms with Crippen LogP contribution in [0.4, 0.5) is 5.69 Å². The molecule has 20 heavy (non-hydrogen) atoms. The molecule has 2 rings (SSSR count). The summed E-state index contributed by atoms with van der Waals surface area (Å²) in [7, 11) is 0. The van der Waals surface area contributed by atoms with E-state index in [1.54, 1.807) is 17.0 Å². The normalized spacial score (nSPS) is 16.1. The van der Waals surface area contributed by atoms with Crippen molar-refractivity contribution >= 4 is 17.3 Å². The molecule has 1 aromatic carbocycles. The highest BCUT2D eigenvalue weighted by molar-refractivity contribution is 5.98. The first kappa shape index (κ1) is 14.3. The first-order chi connectivity index (χ1) is 9.66. The van der Waals surface area contributed by atoms with Crippen LogP contribution < -0.4 is 5.73 Å². The first-order valence-electron chi connectivity index (χ1n) is 6.55. The summed E-state index contributed by atoms with van der Waals surface area (Å²) < 4.78 is 5.19. The third kappa shape index (κ3) is 3.96. The minimum atomic E-state index is -0.0674. The van der Waals surface area contributed by atoms with Gasteiger partial charge < -0.3 is 20.2 Å². The Morgan fingerprint density at radius 1 is 1.35 bits per heavy atom. The van der Waals surface area contributed by atoms with Gasteiger partial charge in [0, 0.05) is 18.8 Å². The molecule has 0 radical (unpaired) electrons. The number of nitrogens with two attached hydrogens (primary N) is 1. The summed E-state index contributed by atoms with van der Waals surface area (Å²) in [5.41, 5.74) is 7.94. The zero-order valence-corrected chi connectivity index (χ0v) is 11.5. The van der Waals surface area contributed by atoms with Gasteiger partial charge >= 0.3 is 0 Å². The Balaban J connectivity index is 1.82. The Hall–Kier alpha value is -2.08. The SMILES string of the molecule is CC(=NOCC(=O)N1CCOCC1)c1ccc(N)cc1. The average Bonchev–Trinajstić information content (AvgIpc) is 2.48. The van der Waals surface area contributed by atoms with Crippen molar-refractivity contribution in [3.8, 4) is 0 Å². The zero-order chi connectivity index (χ0) is 14.4. The van der Waals surface area contributed by atoms with Gasteiger partial charge in [-0.2, -0.15) is 0 Å². The van der Waals surface area contributed by atoms with Crippen LogP contribution in [0.25, 0.3) is 0 Å². The average molecular weight is 277 g/mol. The molecule has 1 aromatic rings. The number of rotatable bonds is 4. The second kappa shape index (κ2) is 6.91. The van der Waals surface area contributed by atoms with Crippen LogP contribution >= 0.6 is 0 Å². The van der Waals surface area contributed by atoms with Crippen molar-refractivity contribution in [3.63, 3.8) is 0 Å². The lowest BCUT2D eigenvalue weighted by molar-refractivity contribution is -0.140. The molecular formula is C14H19N3O3. The van der Waals surface area contributed by atoms with Crippen LogP contribution in [0.15, 0.2) is 29.4 Å². The smallest absolute Gasteiger partial charge is 0.263 e. The summed E-state index contributed by atoms with van der Waals surface area (Å²) in [5.74, 6) is -0.0674. The summed E-state index contributed by atoms with van der Waals surface area (Å²) in [6.45, 7) is 4.17.